The molecule has 0 aliphatic carbocycles. The fraction of sp³-hybridized carbons (Fsp3) is 0.250. The number of carbonyl (C=O) groups is 1. The molecule has 2 aromatic rings. The Balaban J connectivity index is 2.22. The van der Waals surface area contributed by atoms with Gasteiger partial charge in [-0.15, -0.1) is 0 Å². The van der Waals surface area contributed by atoms with Crippen LogP contribution in [0.5, 0.6) is 0 Å². The number of aldehydes is 1. The molecule has 6 nitrogen and oxygen atoms in total. The highest BCUT2D eigenvalue weighted by atomic mass is 16.5. The number of aryl methyl sites for hydroxylation is 1. The van der Waals surface area contributed by atoms with Crippen LogP contribution in [-0.2, 0) is 6.54 Å². The smallest absolute Gasteiger partial charge is 0.246 e. The molecule has 2 heterocycles. The fourth-order valence-electron chi connectivity index (χ4n) is 1.12. The van der Waals surface area contributed by atoms with Crippen molar-refractivity contribution in [2.75, 3.05) is 0 Å². The van der Waals surface area contributed by atoms with Gasteiger partial charge in [-0.1, -0.05) is 5.16 Å². The second kappa shape index (κ2) is 3.41. The Bertz CT molecular complexity index is 446. The Morgan fingerprint density at radius 1 is 1.64 bits per heavy atom. The summed E-state index contributed by atoms with van der Waals surface area (Å²) >= 11 is 0. The fourth-order valence-corrected chi connectivity index (χ4v) is 1.12. The van der Waals surface area contributed by atoms with Crippen LogP contribution in [0.25, 0.3) is 0 Å². The molecule has 0 fully saturated rings. The molecule has 0 radical (unpaired) electrons. The molecule has 2 aromatic heterocycles. The van der Waals surface area contributed by atoms with Crippen molar-refractivity contribution < 1.29 is 9.32 Å². The van der Waals surface area contributed by atoms with Crippen LogP contribution in [0, 0.1) is 6.92 Å². The van der Waals surface area contributed by atoms with Gasteiger partial charge in [-0.05, 0) is 6.92 Å². The van der Waals surface area contributed by atoms with Crippen LogP contribution in [-0.4, -0.2) is 26.0 Å². The van der Waals surface area contributed by atoms with Crippen molar-refractivity contribution in [1.82, 2.24) is 19.7 Å². The normalized spacial score (nSPS) is 10.4. The summed E-state index contributed by atoms with van der Waals surface area (Å²) < 4.78 is 6.55. The van der Waals surface area contributed by atoms with E-state index < -0.39 is 0 Å². The molecule has 6 heteroatoms. The molecule has 0 aliphatic heterocycles. The number of imidazole rings is 1. The van der Waals surface area contributed by atoms with Crippen LogP contribution in [0.15, 0.2) is 16.9 Å². The lowest BCUT2D eigenvalue weighted by atomic mass is 10.5. The maximum Gasteiger partial charge on any atom is 0.246 e. The Labute approximate surface area is 79.6 Å². The van der Waals surface area contributed by atoms with Crippen LogP contribution >= 0.6 is 0 Å². The van der Waals surface area contributed by atoms with E-state index in [9.17, 15) is 4.79 Å². The Morgan fingerprint density at radius 2 is 2.50 bits per heavy atom. The zero-order valence-electron chi connectivity index (χ0n) is 7.54. The van der Waals surface area contributed by atoms with Crippen molar-refractivity contribution in [3.05, 3.63) is 29.9 Å². The molecule has 0 amide bonds. The van der Waals surface area contributed by atoms with Gasteiger partial charge in [-0.3, -0.25) is 4.79 Å². The summed E-state index contributed by atoms with van der Waals surface area (Å²) in [5.41, 5.74) is 0. The minimum atomic E-state index is 0.348. The molecule has 0 bridgehead atoms. The maximum absolute atomic E-state index is 10.5. The van der Waals surface area contributed by atoms with Crippen molar-refractivity contribution in [3.63, 3.8) is 0 Å². The second-order valence-corrected chi connectivity index (χ2v) is 2.77. The molecular formula is C8H8N4O2. The molecule has 0 atom stereocenters. The van der Waals surface area contributed by atoms with Crippen LogP contribution in [0.1, 0.15) is 22.3 Å². The largest absolute Gasteiger partial charge is 0.337 e. The standard InChI is InChI=1S/C8H8N4O2/c1-6-10-8(14-11-6)4-12-3-2-9-7(12)5-13/h2-3,5H,4H2,1H3. The van der Waals surface area contributed by atoms with Crippen molar-refractivity contribution >= 4 is 6.29 Å². The third kappa shape index (κ3) is 1.54. The Hall–Kier alpha value is -1.98. The maximum atomic E-state index is 10.5. The number of nitrogens with zero attached hydrogens (tertiary/aromatic N) is 4. The third-order valence-corrected chi connectivity index (χ3v) is 1.73. The lowest BCUT2D eigenvalue weighted by molar-refractivity contribution is 0.111. The van der Waals surface area contributed by atoms with Crippen LogP contribution < -0.4 is 0 Å². The highest BCUT2D eigenvalue weighted by molar-refractivity contribution is 5.69. The minimum Gasteiger partial charge on any atom is -0.337 e. The van der Waals surface area contributed by atoms with E-state index in [1.807, 2.05) is 0 Å². The molecule has 0 aromatic carbocycles. The number of rotatable bonds is 3. The third-order valence-electron chi connectivity index (χ3n) is 1.73. The molecule has 0 aliphatic rings. The topological polar surface area (TPSA) is 73.8 Å². The van der Waals surface area contributed by atoms with E-state index in [0.29, 0.717) is 30.4 Å². The number of hydrogen-bond acceptors (Lipinski definition) is 5. The molecule has 0 saturated heterocycles. The highest BCUT2D eigenvalue weighted by Gasteiger charge is 2.06. The van der Waals surface area contributed by atoms with Crippen LogP contribution in [0.2, 0.25) is 0 Å². The molecule has 2 rings (SSSR count). The zero-order chi connectivity index (χ0) is 9.97. The highest BCUT2D eigenvalue weighted by Crippen LogP contribution is 2.01. The van der Waals surface area contributed by atoms with E-state index in [4.69, 9.17) is 4.52 Å². The number of hydrogen-bond donors (Lipinski definition) is 0. The lowest BCUT2D eigenvalue weighted by Crippen LogP contribution is -2.03. The summed E-state index contributed by atoms with van der Waals surface area (Å²) in [6.07, 6.45) is 3.92. The Morgan fingerprint density at radius 3 is 3.14 bits per heavy atom. The average molecular weight is 192 g/mol. The SMILES string of the molecule is Cc1noc(Cn2ccnc2C=O)n1. The molecule has 0 unspecified atom stereocenters. The first-order valence-electron chi connectivity index (χ1n) is 4.05. The second-order valence-electron chi connectivity index (χ2n) is 2.77. The summed E-state index contributed by atoms with van der Waals surface area (Å²) in [4.78, 5) is 18.4. The molecule has 14 heavy (non-hydrogen) atoms. The van der Waals surface area contributed by atoms with Crippen molar-refractivity contribution in [3.8, 4) is 0 Å². The summed E-state index contributed by atoms with van der Waals surface area (Å²) in [5.74, 6) is 1.39. The minimum absolute atomic E-state index is 0.348. The monoisotopic (exact) mass is 192 g/mol. The molecular weight excluding hydrogens is 184 g/mol. The van der Waals surface area contributed by atoms with E-state index in [2.05, 4.69) is 15.1 Å². The Kier molecular flexibility index (Phi) is 2.10. The first kappa shape index (κ1) is 8.61. The van der Waals surface area contributed by atoms with Gasteiger partial charge in [0.25, 0.3) is 0 Å². The van der Waals surface area contributed by atoms with Crippen molar-refractivity contribution in [2.45, 2.75) is 13.5 Å². The summed E-state index contributed by atoms with van der Waals surface area (Å²) in [7, 11) is 0. The van der Waals surface area contributed by atoms with E-state index in [1.165, 1.54) is 0 Å². The van der Waals surface area contributed by atoms with E-state index in [-0.39, 0.29) is 0 Å². The number of carbonyl (C=O) groups excluding carboxylic acids is 1. The van der Waals surface area contributed by atoms with Gasteiger partial charge in [-0.25, -0.2) is 4.98 Å². The molecule has 0 spiro atoms. The quantitative estimate of drug-likeness (QED) is 0.659. The summed E-state index contributed by atoms with van der Waals surface area (Å²) in [6.45, 7) is 2.11. The molecule has 72 valence electrons. The first-order valence-corrected chi connectivity index (χ1v) is 4.05. The van der Waals surface area contributed by atoms with Crippen LogP contribution in [0.3, 0.4) is 0 Å². The van der Waals surface area contributed by atoms with Crippen LogP contribution in [0.4, 0.5) is 0 Å². The van der Waals surface area contributed by atoms with Gasteiger partial charge < -0.3 is 9.09 Å². The molecule has 0 N–H and O–H groups in total. The van der Waals surface area contributed by atoms with Gasteiger partial charge in [0.05, 0.1) is 0 Å². The van der Waals surface area contributed by atoms with E-state index >= 15 is 0 Å². The van der Waals surface area contributed by atoms with Crippen molar-refractivity contribution in [2.24, 2.45) is 0 Å². The lowest BCUT2D eigenvalue weighted by Gasteiger charge is -1.97. The van der Waals surface area contributed by atoms with E-state index in [0.717, 1.165) is 0 Å². The predicted octanol–water partition coefficient (Wildman–Crippen LogP) is 0.435. The van der Waals surface area contributed by atoms with Gasteiger partial charge in [0.1, 0.15) is 6.54 Å². The van der Waals surface area contributed by atoms with Crippen molar-refractivity contribution in [1.29, 1.82) is 0 Å². The van der Waals surface area contributed by atoms with Gasteiger partial charge in [0.2, 0.25) is 5.89 Å². The molecule has 0 saturated carbocycles. The first-order chi connectivity index (χ1) is 6.79. The predicted molar refractivity (Wildman–Crippen MR) is 45.8 cm³/mol. The van der Waals surface area contributed by atoms with Gasteiger partial charge in [-0.2, -0.15) is 4.98 Å². The van der Waals surface area contributed by atoms with E-state index in [1.54, 1.807) is 23.9 Å². The summed E-state index contributed by atoms with van der Waals surface area (Å²) in [5, 5.41) is 3.64. The van der Waals surface area contributed by atoms with Gasteiger partial charge in [0.15, 0.2) is 17.9 Å². The van der Waals surface area contributed by atoms with Gasteiger partial charge in [0, 0.05) is 12.4 Å². The zero-order valence-corrected chi connectivity index (χ0v) is 7.54. The number of aromatic nitrogens is 4. The average Bonchev–Trinajstić information content (AvgIpc) is 2.76. The summed E-state index contributed by atoms with van der Waals surface area (Å²) in [6, 6.07) is 0. The van der Waals surface area contributed by atoms with Gasteiger partial charge >= 0.3 is 0 Å².